The average Bonchev–Trinajstić information content (AvgIpc) is 2.31. The maximum atomic E-state index is 7.38. The third kappa shape index (κ3) is 0.673. The first-order chi connectivity index (χ1) is 5.27. The summed E-state index contributed by atoms with van der Waals surface area (Å²) in [6.45, 7) is 1.90. The summed E-state index contributed by atoms with van der Waals surface area (Å²) in [4.78, 5) is 7.93. The first-order valence-corrected chi connectivity index (χ1v) is 3.04. The van der Waals surface area contributed by atoms with Crippen molar-refractivity contribution in [1.82, 2.24) is 14.4 Å². The second kappa shape index (κ2) is 1.80. The monoisotopic (exact) mass is 134 g/mol. The normalized spacial score (nSPS) is 11.9. The van der Waals surface area contributed by atoms with Crippen molar-refractivity contribution in [3.63, 3.8) is 0 Å². The van der Waals surface area contributed by atoms with Crippen molar-refractivity contribution in [2.45, 2.75) is 6.92 Å². The number of aryl methyl sites for hydroxylation is 1. The van der Waals surface area contributed by atoms with Crippen LogP contribution in [0.4, 0.5) is 0 Å². The van der Waals surface area contributed by atoms with Gasteiger partial charge in [-0.15, -0.1) is 0 Å². The molecule has 3 heteroatoms. The van der Waals surface area contributed by atoms with Gasteiger partial charge in [0.05, 0.1) is 13.2 Å². The molecule has 0 amide bonds. The summed E-state index contributed by atoms with van der Waals surface area (Å²) < 4.78 is 9.18. The zero-order valence-corrected chi connectivity index (χ0v) is 5.57. The zero-order valence-electron chi connectivity index (χ0n) is 6.57. The van der Waals surface area contributed by atoms with Crippen LogP contribution in [-0.2, 0) is 0 Å². The molecule has 0 atom stereocenters. The quantitative estimate of drug-likeness (QED) is 0.538. The van der Waals surface area contributed by atoms with Crippen molar-refractivity contribution >= 4 is 5.65 Å². The molecule has 0 bridgehead atoms. The van der Waals surface area contributed by atoms with E-state index in [1.807, 2.05) is 13.1 Å². The maximum Gasteiger partial charge on any atom is 0.155 e. The number of aromatic nitrogens is 3. The van der Waals surface area contributed by atoms with E-state index in [9.17, 15) is 0 Å². The van der Waals surface area contributed by atoms with Gasteiger partial charge < -0.3 is 4.40 Å². The van der Waals surface area contributed by atoms with Crippen molar-refractivity contribution in [2.24, 2.45) is 0 Å². The minimum atomic E-state index is 0.223. The Balaban J connectivity index is 2.90. The molecular weight excluding hydrogens is 126 g/mol. The summed E-state index contributed by atoms with van der Waals surface area (Å²) >= 11 is 0. The van der Waals surface area contributed by atoms with Crippen molar-refractivity contribution < 1.29 is 1.37 Å². The van der Waals surface area contributed by atoms with Crippen LogP contribution in [0.2, 0.25) is 0 Å². The van der Waals surface area contributed by atoms with E-state index in [4.69, 9.17) is 1.37 Å². The SMILES string of the molecule is [2H]c1nccn2cc(C)nc12. The third-order valence-corrected chi connectivity index (χ3v) is 1.32. The van der Waals surface area contributed by atoms with Gasteiger partial charge >= 0.3 is 0 Å². The largest absolute Gasteiger partial charge is 0.304 e. The lowest BCUT2D eigenvalue weighted by molar-refractivity contribution is 1.13. The predicted molar refractivity (Wildman–Crippen MR) is 37.7 cm³/mol. The van der Waals surface area contributed by atoms with Gasteiger partial charge in [0.25, 0.3) is 0 Å². The highest BCUT2D eigenvalue weighted by molar-refractivity contribution is 5.35. The van der Waals surface area contributed by atoms with Crippen LogP contribution in [-0.4, -0.2) is 14.4 Å². The molecule has 0 aliphatic rings. The number of imidazole rings is 1. The van der Waals surface area contributed by atoms with Crippen LogP contribution in [0.5, 0.6) is 0 Å². The van der Waals surface area contributed by atoms with Crippen LogP contribution >= 0.6 is 0 Å². The Labute approximate surface area is 59.8 Å². The lowest BCUT2D eigenvalue weighted by Crippen LogP contribution is -1.81. The predicted octanol–water partition coefficient (Wildman–Crippen LogP) is 1.04. The molecule has 10 heavy (non-hydrogen) atoms. The molecule has 0 aromatic carbocycles. The molecule has 0 spiro atoms. The zero-order chi connectivity index (χ0) is 7.84. The summed E-state index contributed by atoms with van der Waals surface area (Å²) in [6, 6.07) is 0. The van der Waals surface area contributed by atoms with Gasteiger partial charge in [0.1, 0.15) is 0 Å². The number of fused-ring (bicyclic) bond motifs is 1. The fourth-order valence-electron chi connectivity index (χ4n) is 0.913. The van der Waals surface area contributed by atoms with Crippen LogP contribution in [0.1, 0.15) is 7.06 Å². The van der Waals surface area contributed by atoms with Gasteiger partial charge in [-0.1, -0.05) is 0 Å². The van der Waals surface area contributed by atoms with Crippen molar-refractivity contribution in [3.05, 3.63) is 30.5 Å². The Morgan fingerprint density at radius 1 is 1.70 bits per heavy atom. The molecule has 2 aromatic rings. The van der Waals surface area contributed by atoms with Crippen LogP contribution in [0, 0.1) is 6.92 Å². The van der Waals surface area contributed by atoms with E-state index in [2.05, 4.69) is 9.97 Å². The lowest BCUT2D eigenvalue weighted by Gasteiger charge is -1.86. The molecule has 0 aliphatic heterocycles. The standard InChI is InChI=1S/C7H7N3/c1-6-5-10-3-2-8-4-7(10)9-6/h2-5H,1H3/i4D. The molecule has 3 nitrogen and oxygen atoms in total. The van der Waals surface area contributed by atoms with E-state index < -0.39 is 0 Å². The maximum absolute atomic E-state index is 7.38. The number of nitrogens with zero attached hydrogens (tertiary/aromatic N) is 3. The van der Waals surface area contributed by atoms with E-state index >= 15 is 0 Å². The van der Waals surface area contributed by atoms with Gasteiger partial charge in [0, 0.05) is 18.6 Å². The highest BCUT2D eigenvalue weighted by Gasteiger charge is 1.92. The number of hydrogen-bond acceptors (Lipinski definition) is 2. The van der Waals surface area contributed by atoms with Gasteiger partial charge in [-0.25, -0.2) is 4.98 Å². The van der Waals surface area contributed by atoms with Gasteiger partial charge in [-0.3, -0.25) is 4.98 Å². The van der Waals surface area contributed by atoms with Crippen LogP contribution in [0.15, 0.2) is 24.8 Å². The molecule has 2 rings (SSSR count). The smallest absolute Gasteiger partial charge is 0.155 e. The summed E-state index contributed by atoms with van der Waals surface area (Å²) in [5.41, 5.74) is 1.52. The first kappa shape index (κ1) is 4.44. The molecule has 0 unspecified atom stereocenters. The van der Waals surface area contributed by atoms with E-state index in [1.54, 1.807) is 16.8 Å². The molecule has 2 aromatic heterocycles. The molecule has 0 saturated carbocycles. The first-order valence-electron chi connectivity index (χ1n) is 3.54. The van der Waals surface area contributed by atoms with Gasteiger partial charge in [0.2, 0.25) is 0 Å². The van der Waals surface area contributed by atoms with Crippen LogP contribution < -0.4 is 0 Å². The highest BCUT2D eigenvalue weighted by atomic mass is 15.0. The Morgan fingerprint density at radius 3 is 3.40 bits per heavy atom. The summed E-state index contributed by atoms with van der Waals surface area (Å²) in [5, 5.41) is 0. The molecular formula is C7H7N3. The molecule has 2 heterocycles. The molecule has 0 aliphatic carbocycles. The van der Waals surface area contributed by atoms with Crippen molar-refractivity contribution in [3.8, 4) is 0 Å². The van der Waals surface area contributed by atoms with Gasteiger partial charge in [0.15, 0.2) is 5.65 Å². The Morgan fingerprint density at radius 2 is 2.60 bits per heavy atom. The topological polar surface area (TPSA) is 30.2 Å². The van der Waals surface area contributed by atoms with Crippen LogP contribution in [0.25, 0.3) is 5.65 Å². The third-order valence-electron chi connectivity index (χ3n) is 1.32. The molecule has 0 saturated heterocycles. The second-order valence-electron chi connectivity index (χ2n) is 2.15. The fraction of sp³-hybridized carbons (Fsp3) is 0.143. The number of hydrogen-bond donors (Lipinski definition) is 0. The van der Waals surface area contributed by atoms with E-state index in [0.717, 1.165) is 5.69 Å². The molecule has 50 valence electrons. The molecule has 0 radical (unpaired) electrons. The van der Waals surface area contributed by atoms with E-state index in [1.165, 1.54) is 0 Å². The van der Waals surface area contributed by atoms with Crippen molar-refractivity contribution in [1.29, 1.82) is 0 Å². The Kier molecular flexibility index (Phi) is 0.799. The fourth-order valence-corrected chi connectivity index (χ4v) is 0.913. The molecule has 0 N–H and O–H groups in total. The lowest BCUT2D eigenvalue weighted by atomic mass is 10.6. The van der Waals surface area contributed by atoms with Crippen LogP contribution in [0.3, 0.4) is 0 Å². The average molecular weight is 134 g/mol. The summed E-state index contributed by atoms with van der Waals surface area (Å²) in [5.74, 6) is 0. The summed E-state index contributed by atoms with van der Waals surface area (Å²) in [6.07, 6.45) is 5.47. The Hall–Kier alpha value is -1.38. The minimum absolute atomic E-state index is 0.223. The summed E-state index contributed by atoms with van der Waals surface area (Å²) in [7, 11) is 0. The van der Waals surface area contributed by atoms with E-state index in [0.29, 0.717) is 5.65 Å². The highest BCUT2D eigenvalue weighted by Crippen LogP contribution is 1.99. The number of rotatable bonds is 0. The van der Waals surface area contributed by atoms with Gasteiger partial charge in [-0.2, -0.15) is 0 Å². The second-order valence-corrected chi connectivity index (χ2v) is 2.15. The minimum Gasteiger partial charge on any atom is -0.304 e. The van der Waals surface area contributed by atoms with Gasteiger partial charge in [-0.05, 0) is 6.92 Å². The van der Waals surface area contributed by atoms with E-state index in [-0.39, 0.29) is 6.17 Å². The van der Waals surface area contributed by atoms with Crippen molar-refractivity contribution in [2.75, 3.05) is 0 Å². The molecule has 0 fully saturated rings. The Bertz CT molecular complexity index is 393.